The largest absolute Gasteiger partial charge is 0.381 e. The van der Waals surface area contributed by atoms with Gasteiger partial charge in [-0.1, -0.05) is 0 Å². The molecule has 1 N–H and O–H groups in total. The molecule has 2 saturated heterocycles. The number of carbonyl (C=O) groups is 1. The maximum atomic E-state index is 12.3. The SMILES string of the molecule is CCOCC1CCCN(C(=O)CC2CSCCN2)C1. The summed E-state index contributed by atoms with van der Waals surface area (Å²) in [6.45, 7) is 6.46. The van der Waals surface area contributed by atoms with E-state index in [1.54, 1.807) is 0 Å². The van der Waals surface area contributed by atoms with E-state index in [-0.39, 0.29) is 0 Å². The summed E-state index contributed by atoms with van der Waals surface area (Å²) in [6.07, 6.45) is 2.98. The first-order chi connectivity index (χ1) is 9.29. The zero-order valence-electron chi connectivity index (χ0n) is 11.9. The van der Waals surface area contributed by atoms with Crippen molar-refractivity contribution in [2.24, 2.45) is 5.92 Å². The Balaban J connectivity index is 1.74. The molecule has 2 aliphatic rings. The van der Waals surface area contributed by atoms with E-state index in [9.17, 15) is 4.79 Å². The molecule has 2 aliphatic heterocycles. The van der Waals surface area contributed by atoms with Gasteiger partial charge in [0.2, 0.25) is 5.91 Å². The minimum atomic E-state index is 0.321. The van der Waals surface area contributed by atoms with Crippen LogP contribution in [0.5, 0.6) is 0 Å². The van der Waals surface area contributed by atoms with Gasteiger partial charge < -0.3 is 15.0 Å². The molecule has 2 unspecified atom stereocenters. The van der Waals surface area contributed by atoms with Gasteiger partial charge >= 0.3 is 0 Å². The maximum Gasteiger partial charge on any atom is 0.224 e. The van der Waals surface area contributed by atoms with Gasteiger partial charge in [0.1, 0.15) is 0 Å². The number of hydrogen-bond donors (Lipinski definition) is 1. The molecular weight excluding hydrogens is 260 g/mol. The summed E-state index contributed by atoms with van der Waals surface area (Å²) in [6, 6.07) is 0.374. The molecule has 0 aromatic heterocycles. The molecule has 5 heteroatoms. The zero-order chi connectivity index (χ0) is 13.5. The van der Waals surface area contributed by atoms with Crippen LogP contribution in [0.4, 0.5) is 0 Å². The van der Waals surface area contributed by atoms with Gasteiger partial charge in [-0.05, 0) is 25.7 Å². The van der Waals surface area contributed by atoms with Crippen LogP contribution in [0.15, 0.2) is 0 Å². The fourth-order valence-corrected chi connectivity index (χ4v) is 3.75. The number of piperidine rings is 1. The summed E-state index contributed by atoms with van der Waals surface area (Å²) < 4.78 is 5.50. The van der Waals surface area contributed by atoms with Gasteiger partial charge in [0.15, 0.2) is 0 Å². The Morgan fingerprint density at radius 1 is 1.53 bits per heavy atom. The Bertz CT molecular complexity index is 283. The van der Waals surface area contributed by atoms with Crippen LogP contribution in [-0.2, 0) is 9.53 Å². The van der Waals surface area contributed by atoms with Crippen molar-refractivity contribution in [2.75, 3.05) is 44.4 Å². The number of thioether (sulfide) groups is 1. The van der Waals surface area contributed by atoms with Gasteiger partial charge in [-0.3, -0.25) is 4.79 Å². The molecule has 4 nitrogen and oxygen atoms in total. The summed E-state index contributed by atoms with van der Waals surface area (Å²) in [5.41, 5.74) is 0. The van der Waals surface area contributed by atoms with Crippen molar-refractivity contribution in [2.45, 2.75) is 32.2 Å². The van der Waals surface area contributed by atoms with Crippen molar-refractivity contribution in [3.63, 3.8) is 0 Å². The highest BCUT2D eigenvalue weighted by atomic mass is 32.2. The van der Waals surface area contributed by atoms with Crippen molar-refractivity contribution in [1.82, 2.24) is 10.2 Å². The molecule has 0 saturated carbocycles. The highest BCUT2D eigenvalue weighted by Crippen LogP contribution is 2.19. The van der Waals surface area contributed by atoms with Crippen molar-refractivity contribution >= 4 is 17.7 Å². The molecule has 2 atom stereocenters. The van der Waals surface area contributed by atoms with Crippen LogP contribution in [0.2, 0.25) is 0 Å². The number of amides is 1. The van der Waals surface area contributed by atoms with E-state index in [0.29, 0.717) is 24.3 Å². The standard InChI is InChI=1S/C14H26N2O2S/c1-2-18-10-12-4-3-6-16(9-12)14(17)8-13-11-19-7-5-15-13/h12-13,15H,2-11H2,1H3. The molecule has 0 spiro atoms. The van der Waals surface area contributed by atoms with E-state index in [1.807, 2.05) is 23.6 Å². The average Bonchev–Trinajstić information content (AvgIpc) is 2.46. The van der Waals surface area contributed by atoms with Gasteiger partial charge in [-0.15, -0.1) is 0 Å². The van der Waals surface area contributed by atoms with Crippen LogP contribution < -0.4 is 5.32 Å². The van der Waals surface area contributed by atoms with Gasteiger partial charge in [-0.2, -0.15) is 11.8 Å². The smallest absolute Gasteiger partial charge is 0.224 e. The van der Waals surface area contributed by atoms with Gasteiger partial charge in [0.05, 0.1) is 6.61 Å². The van der Waals surface area contributed by atoms with E-state index in [0.717, 1.165) is 45.0 Å². The molecule has 19 heavy (non-hydrogen) atoms. The Kier molecular flexibility index (Phi) is 6.47. The third-order valence-electron chi connectivity index (χ3n) is 3.85. The topological polar surface area (TPSA) is 41.6 Å². The Hall–Kier alpha value is -0.260. The number of ether oxygens (including phenoxy) is 1. The minimum absolute atomic E-state index is 0.321. The number of hydrogen-bond acceptors (Lipinski definition) is 4. The first kappa shape index (κ1) is 15.1. The first-order valence-corrected chi connectivity index (χ1v) is 8.61. The maximum absolute atomic E-state index is 12.3. The lowest BCUT2D eigenvalue weighted by Crippen LogP contribution is -2.46. The van der Waals surface area contributed by atoms with E-state index >= 15 is 0 Å². The second-order valence-corrected chi connectivity index (χ2v) is 6.59. The van der Waals surface area contributed by atoms with Crippen LogP contribution in [0.3, 0.4) is 0 Å². The molecule has 110 valence electrons. The van der Waals surface area contributed by atoms with Crippen LogP contribution in [-0.4, -0.2) is 61.2 Å². The zero-order valence-corrected chi connectivity index (χ0v) is 12.7. The summed E-state index contributed by atoms with van der Waals surface area (Å²) >= 11 is 1.95. The monoisotopic (exact) mass is 286 g/mol. The lowest BCUT2D eigenvalue weighted by Gasteiger charge is -2.34. The van der Waals surface area contributed by atoms with E-state index in [1.165, 1.54) is 12.2 Å². The Labute approximate surface area is 120 Å². The van der Waals surface area contributed by atoms with Crippen LogP contribution in [0.25, 0.3) is 0 Å². The number of nitrogens with one attached hydrogen (secondary N) is 1. The van der Waals surface area contributed by atoms with Crippen molar-refractivity contribution < 1.29 is 9.53 Å². The summed E-state index contributed by atoms with van der Waals surface area (Å²) in [5.74, 6) is 3.10. The lowest BCUT2D eigenvalue weighted by atomic mass is 9.98. The van der Waals surface area contributed by atoms with Crippen LogP contribution >= 0.6 is 11.8 Å². The van der Waals surface area contributed by atoms with E-state index in [4.69, 9.17) is 4.74 Å². The minimum Gasteiger partial charge on any atom is -0.381 e. The third-order valence-corrected chi connectivity index (χ3v) is 4.98. The molecule has 2 heterocycles. The Morgan fingerprint density at radius 2 is 2.42 bits per heavy atom. The average molecular weight is 286 g/mol. The second-order valence-electron chi connectivity index (χ2n) is 5.44. The van der Waals surface area contributed by atoms with Crippen molar-refractivity contribution in [1.29, 1.82) is 0 Å². The van der Waals surface area contributed by atoms with Crippen LogP contribution in [0, 0.1) is 5.92 Å². The fourth-order valence-electron chi connectivity index (χ4n) is 2.80. The normalized spacial score (nSPS) is 28.4. The molecule has 2 rings (SSSR count). The first-order valence-electron chi connectivity index (χ1n) is 7.46. The molecule has 2 fully saturated rings. The number of nitrogens with zero attached hydrogens (tertiary/aromatic N) is 1. The number of likely N-dealkylation sites (tertiary alicyclic amines) is 1. The van der Waals surface area contributed by atoms with E-state index in [2.05, 4.69) is 5.32 Å². The van der Waals surface area contributed by atoms with Crippen LogP contribution in [0.1, 0.15) is 26.2 Å². The predicted octanol–water partition coefficient (Wildman–Crippen LogP) is 1.36. The molecule has 0 radical (unpaired) electrons. The number of carbonyl (C=O) groups excluding carboxylic acids is 1. The van der Waals surface area contributed by atoms with Crippen molar-refractivity contribution in [3.05, 3.63) is 0 Å². The molecule has 0 aromatic carbocycles. The molecule has 0 aromatic rings. The van der Waals surface area contributed by atoms with E-state index < -0.39 is 0 Å². The molecular formula is C14H26N2O2S. The highest BCUT2D eigenvalue weighted by Gasteiger charge is 2.26. The molecule has 0 aliphatic carbocycles. The quantitative estimate of drug-likeness (QED) is 0.828. The molecule has 0 bridgehead atoms. The highest BCUT2D eigenvalue weighted by molar-refractivity contribution is 7.99. The van der Waals surface area contributed by atoms with Gasteiger partial charge in [0, 0.05) is 50.2 Å². The van der Waals surface area contributed by atoms with Gasteiger partial charge in [0.25, 0.3) is 0 Å². The summed E-state index contributed by atoms with van der Waals surface area (Å²) in [4.78, 5) is 14.4. The predicted molar refractivity (Wildman–Crippen MR) is 79.5 cm³/mol. The molecule has 1 amide bonds. The summed E-state index contributed by atoms with van der Waals surface area (Å²) in [7, 11) is 0. The Morgan fingerprint density at radius 3 is 3.16 bits per heavy atom. The van der Waals surface area contributed by atoms with Crippen molar-refractivity contribution in [3.8, 4) is 0 Å². The fraction of sp³-hybridized carbons (Fsp3) is 0.929. The van der Waals surface area contributed by atoms with Gasteiger partial charge in [-0.25, -0.2) is 0 Å². The summed E-state index contributed by atoms with van der Waals surface area (Å²) in [5, 5.41) is 3.44. The third kappa shape index (κ3) is 4.97. The second kappa shape index (κ2) is 8.12. The number of rotatable bonds is 5. The lowest BCUT2D eigenvalue weighted by molar-refractivity contribution is -0.133.